The van der Waals surface area contributed by atoms with Gasteiger partial charge in [0.15, 0.2) is 0 Å². The minimum atomic E-state index is 0.974. The van der Waals surface area contributed by atoms with E-state index in [-0.39, 0.29) is 0 Å². The smallest absolute Gasteiger partial charge is 0.108 e. The Bertz CT molecular complexity index is 384. The Balaban J connectivity index is 2.19. The number of benzene rings is 1. The van der Waals surface area contributed by atoms with E-state index in [0.717, 1.165) is 29.8 Å². The number of fused-ring (bicyclic) bond motifs is 1. The highest BCUT2D eigenvalue weighted by molar-refractivity contribution is 5.74. The van der Waals surface area contributed by atoms with Gasteiger partial charge in [0.25, 0.3) is 0 Å². The zero-order valence-corrected chi connectivity index (χ0v) is 8.62. The maximum atomic E-state index is 4.50. The molecular weight excluding hydrogens is 174 g/mol. The van der Waals surface area contributed by atoms with Crippen LogP contribution < -0.4 is 0 Å². The van der Waals surface area contributed by atoms with Gasteiger partial charge in [-0.3, -0.25) is 0 Å². The molecule has 2 aromatic rings. The Kier molecular flexibility index (Phi) is 2.50. The van der Waals surface area contributed by atoms with E-state index in [0.29, 0.717) is 0 Å². The van der Waals surface area contributed by atoms with Crippen LogP contribution in [0.15, 0.2) is 24.3 Å². The van der Waals surface area contributed by atoms with Crippen molar-refractivity contribution in [1.29, 1.82) is 0 Å². The van der Waals surface area contributed by atoms with Crippen molar-refractivity contribution in [3.63, 3.8) is 0 Å². The fraction of sp³-hybridized carbons (Fsp3) is 0.364. The molecule has 2 rings (SSSR count). The Hall–Kier alpha value is -1.35. The van der Waals surface area contributed by atoms with Crippen LogP contribution in [0.2, 0.25) is 0 Å². The Morgan fingerprint density at radius 2 is 2.07 bits per heavy atom. The number of H-pyrrole nitrogens is 1. The van der Waals surface area contributed by atoms with Crippen molar-refractivity contribution in [2.75, 3.05) is 20.6 Å². The normalized spacial score (nSPS) is 11.4. The Labute approximate surface area is 83.8 Å². The van der Waals surface area contributed by atoms with Gasteiger partial charge in [-0.1, -0.05) is 12.1 Å². The third-order valence-corrected chi connectivity index (χ3v) is 2.23. The van der Waals surface area contributed by atoms with Gasteiger partial charge in [0.2, 0.25) is 0 Å². The molecule has 0 amide bonds. The van der Waals surface area contributed by atoms with Crippen LogP contribution in [0, 0.1) is 0 Å². The van der Waals surface area contributed by atoms with Gasteiger partial charge in [-0.2, -0.15) is 0 Å². The number of nitrogens with zero attached hydrogens (tertiary/aromatic N) is 2. The molecule has 14 heavy (non-hydrogen) atoms. The van der Waals surface area contributed by atoms with Crippen LogP contribution in [0.1, 0.15) is 5.82 Å². The molecule has 0 saturated heterocycles. The van der Waals surface area contributed by atoms with E-state index in [1.54, 1.807) is 0 Å². The van der Waals surface area contributed by atoms with Crippen molar-refractivity contribution in [3.8, 4) is 0 Å². The molecule has 74 valence electrons. The van der Waals surface area contributed by atoms with Crippen LogP contribution in [0.5, 0.6) is 0 Å². The maximum Gasteiger partial charge on any atom is 0.108 e. The molecule has 3 nitrogen and oxygen atoms in total. The van der Waals surface area contributed by atoms with Crippen molar-refractivity contribution in [2.24, 2.45) is 0 Å². The van der Waals surface area contributed by atoms with Gasteiger partial charge in [-0.15, -0.1) is 0 Å². The second kappa shape index (κ2) is 3.80. The summed E-state index contributed by atoms with van der Waals surface area (Å²) in [6.07, 6.45) is 0.974. The van der Waals surface area contributed by atoms with Gasteiger partial charge in [0.05, 0.1) is 11.0 Å². The molecule has 0 bridgehead atoms. The SMILES string of the molecule is CN(C)CCc1nc2ccccc2[nH]1. The fourth-order valence-electron chi connectivity index (χ4n) is 1.45. The van der Waals surface area contributed by atoms with Crippen LogP contribution in [0.25, 0.3) is 11.0 Å². The molecule has 1 heterocycles. The topological polar surface area (TPSA) is 31.9 Å². The average Bonchev–Trinajstić information content (AvgIpc) is 2.57. The summed E-state index contributed by atoms with van der Waals surface area (Å²) < 4.78 is 0. The molecule has 0 fully saturated rings. The molecule has 0 aliphatic heterocycles. The summed E-state index contributed by atoms with van der Waals surface area (Å²) in [6.45, 7) is 1.03. The zero-order valence-electron chi connectivity index (χ0n) is 8.62. The molecule has 1 aromatic carbocycles. The van der Waals surface area contributed by atoms with Crippen LogP contribution in [-0.4, -0.2) is 35.5 Å². The van der Waals surface area contributed by atoms with Crippen molar-refractivity contribution < 1.29 is 0 Å². The second-order valence-corrected chi connectivity index (χ2v) is 3.75. The van der Waals surface area contributed by atoms with E-state index in [2.05, 4.69) is 35.0 Å². The summed E-state index contributed by atoms with van der Waals surface area (Å²) >= 11 is 0. The highest BCUT2D eigenvalue weighted by Gasteiger charge is 2.01. The van der Waals surface area contributed by atoms with Gasteiger partial charge in [-0.25, -0.2) is 4.98 Å². The lowest BCUT2D eigenvalue weighted by atomic mass is 10.3. The zero-order chi connectivity index (χ0) is 9.97. The second-order valence-electron chi connectivity index (χ2n) is 3.75. The monoisotopic (exact) mass is 189 g/mol. The molecule has 3 heteroatoms. The number of imidazole rings is 1. The summed E-state index contributed by atoms with van der Waals surface area (Å²) in [7, 11) is 4.14. The molecule has 0 saturated carbocycles. The van der Waals surface area contributed by atoms with E-state index < -0.39 is 0 Å². The third-order valence-electron chi connectivity index (χ3n) is 2.23. The average molecular weight is 189 g/mol. The molecule has 0 aliphatic rings. The van der Waals surface area contributed by atoms with Crippen molar-refractivity contribution in [2.45, 2.75) is 6.42 Å². The highest BCUT2D eigenvalue weighted by atomic mass is 15.1. The molecule has 1 aromatic heterocycles. The van der Waals surface area contributed by atoms with Crippen molar-refractivity contribution in [3.05, 3.63) is 30.1 Å². The number of aromatic amines is 1. The van der Waals surface area contributed by atoms with Gasteiger partial charge >= 0.3 is 0 Å². The molecule has 0 unspecified atom stereocenters. The van der Waals surface area contributed by atoms with Crippen molar-refractivity contribution >= 4 is 11.0 Å². The van der Waals surface area contributed by atoms with E-state index in [4.69, 9.17) is 0 Å². The first-order valence-corrected chi connectivity index (χ1v) is 4.84. The summed E-state index contributed by atoms with van der Waals surface area (Å²) in [5.74, 6) is 1.07. The van der Waals surface area contributed by atoms with Crippen LogP contribution in [0.4, 0.5) is 0 Å². The van der Waals surface area contributed by atoms with Gasteiger partial charge in [-0.05, 0) is 26.2 Å². The van der Waals surface area contributed by atoms with E-state index in [1.807, 2.05) is 18.2 Å². The lowest BCUT2D eigenvalue weighted by molar-refractivity contribution is 0.410. The number of para-hydroxylation sites is 2. The number of rotatable bonds is 3. The number of hydrogen-bond acceptors (Lipinski definition) is 2. The minimum absolute atomic E-state index is 0.974. The van der Waals surface area contributed by atoms with Crippen LogP contribution in [0.3, 0.4) is 0 Å². The van der Waals surface area contributed by atoms with E-state index >= 15 is 0 Å². The van der Waals surface area contributed by atoms with Gasteiger partial charge < -0.3 is 9.88 Å². The molecule has 0 aliphatic carbocycles. The largest absolute Gasteiger partial charge is 0.342 e. The Morgan fingerprint density at radius 3 is 2.79 bits per heavy atom. The fourth-order valence-corrected chi connectivity index (χ4v) is 1.45. The molecule has 1 N–H and O–H groups in total. The lowest BCUT2D eigenvalue weighted by Gasteiger charge is -2.06. The standard InChI is InChI=1S/C11H15N3/c1-14(2)8-7-11-12-9-5-3-4-6-10(9)13-11/h3-6H,7-8H2,1-2H3,(H,12,13). The number of likely N-dealkylation sites (N-methyl/N-ethyl adjacent to an activating group) is 1. The first-order valence-electron chi connectivity index (χ1n) is 4.84. The summed E-state index contributed by atoms with van der Waals surface area (Å²) in [6, 6.07) is 8.13. The van der Waals surface area contributed by atoms with E-state index in [1.165, 1.54) is 0 Å². The number of aromatic nitrogens is 2. The quantitative estimate of drug-likeness (QED) is 0.796. The van der Waals surface area contributed by atoms with E-state index in [9.17, 15) is 0 Å². The molecule has 0 radical (unpaired) electrons. The summed E-state index contributed by atoms with van der Waals surface area (Å²) in [5, 5.41) is 0. The highest BCUT2D eigenvalue weighted by Crippen LogP contribution is 2.10. The first kappa shape index (κ1) is 9.21. The third kappa shape index (κ3) is 1.93. The number of nitrogens with one attached hydrogen (secondary N) is 1. The molecule has 0 atom stereocenters. The number of hydrogen-bond donors (Lipinski definition) is 1. The molecular formula is C11H15N3. The van der Waals surface area contributed by atoms with Gasteiger partial charge in [0, 0.05) is 13.0 Å². The van der Waals surface area contributed by atoms with Gasteiger partial charge in [0.1, 0.15) is 5.82 Å². The van der Waals surface area contributed by atoms with Crippen LogP contribution in [-0.2, 0) is 6.42 Å². The summed E-state index contributed by atoms with van der Waals surface area (Å²) in [4.78, 5) is 9.98. The van der Waals surface area contributed by atoms with Crippen molar-refractivity contribution in [1.82, 2.24) is 14.9 Å². The lowest BCUT2D eigenvalue weighted by Crippen LogP contribution is -2.15. The maximum absolute atomic E-state index is 4.50. The minimum Gasteiger partial charge on any atom is -0.342 e. The molecule has 0 spiro atoms. The Morgan fingerprint density at radius 1 is 1.29 bits per heavy atom. The first-order chi connectivity index (χ1) is 6.75. The predicted octanol–water partition coefficient (Wildman–Crippen LogP) is 1.67. The van der Waals surface area contributed by atoms with Crippen LogP contribution >= 0.6 is 0 Å². The predicted molar refractivity (Wildman–Crippen MR) is 58.4 cm³/mol. The summed E-state index contributed by atoms with van der Waals surface area (Å²) in [5.41, 5.74) is 2.18.